The summed E-state index contributed by atoms with van der Waals surface area (Å²) in [6.45, 7) is 2.09. The van der Waals surface area contributed by atoms with E-state index in [1.165, 1.54) is 24.1 Å². The zero-order chi connectivity index (χ0) is 11.1. The van der Waals surface area contributed by atoms with E-state index in [2.05, 4.69) is 30.5 Å². The summed E-state index contributed by atoms with van der Waals surface area (Å²) in [5.74, 6) is 6.23. The number of hydrazine groups is 1. The number of anilines is 1. The maximum absolute atomic E-state index is 5.58. The van der Waals surface area contributed by atoms with Crippen LogP contribution in [0.5, 0.6) is 0 Å². The zero-order valence-corrected chi connectivity index (χ0v) is 9.33. The van der Waals surface area contributed by atoms with Gasteiger partial charge in [-0.15, -0.1) is 0 Å². The number of hydrogen-bond donors (Lipinski definition) is 2. The highest BCUT2D eigenvalue weighted by molar-refractivity contribution is 5.93. The Labute approximate surface area is 94.6 Å². The lowest BCUT2D eigenvalue weighted by atomic mass is 10.1. The topological polar surface area (TPSA) is 50.9 Å². The first-order valence-electron chi connectivity index (χ1n) is 5.66. The van der Waals surface area contributed by atoms with Crippen molar-refractivity contribution in [3.63, 3.8) is 0 Å². The number of aryl methyl sites for hydroxylation is 1. The van der Waals surface area contributed by atoms with E-state index >= 15 is 0 Å². The van der Waals surface area contributed by atoms with Gasteiger partial charge in [-0.2, -0.15) is 0 Å². The molecule has 0 aliphatic heterocycles. The molecule has 0 radical (unpaired) electrons. The summed E-state index contributed by atoms with van der Waals surface area (Å²) in [4.78, 5) is 4.75. The Morgan fingerprint density at radius 2 is 2.19 bits per heavy atom. The van der Waals surface area contributed by atoms with E-state index in [1.807, 2.05) is 6.07 Å². The normalized spacial score (nSPS) is 15.4. The Hall–Kier alpha value is -1.61. The minimum absolute atomic E-state index is 0.649. The minimum Gasteiger partial charge on any atom is -0.323 e. The van der Waals surface area contributed by atoms with E-state index in [9.17, 15) is 0 Å². The van der Waals surface area contributed by atoms with E-state index in [0.717, 1.165) is 16.6 Å². The largest absolute Gasteiger partial charge is 0.323 e. The molecule has 0 spiro atoms. The van der Waals surface area contributed by atoms with Crippen LogP contribution in [-0.2, 0) is 0 Å². The summed E-state index contributed by atoms with van der Waals surface area (Å²) in [7, 11) is 0. The van der Waals surface area contributed by atoms with Crippen LogP contribution in [0.4, 0.5) is 5.69 Å². The highest BCUT2D eigenvalue weighted by Crippen LogP contribution is 2.41. The third-order valence-electron chi connectivity index (χ3n) is 3.21. The number of rotatable bonds is 2. The van der Waals surface area contributed by atoms with Gasteiger partial charge in [0.2, 0.25) is 0 Å². The van der Waals surface area contributed by atoms with Crippen molar-refractivity contribution in [2.75, 3.05) is 5.43 Å². The van der Waals surface area contributed by atoms with Crippen molar-refractivity contribution in [2.45, 2.75) is 25.7 Å². The third kappa shape index (κ3) is 1.44. The SMILES string of the molecule is Cc1cccc2c(NN)cc(C3CC3)nc12. The van der Waals surface area contributed by atoms with Crippen LogP contribution in [0.3, 0.4) is 0 Å². The molecule has 1 aromatic heterocycles. The van der Waals surface area contributed by atoms with E-state index < -0.39 is 0 Å². The molecule has 1 saturated carbocycles. The average molecular weight is 213 g/mol. The number of benzene rings is 1. The van der Waals surface area contributed by atoms with Crippen LogP contribution in [0.25, 0.3) is 10.9 Å². The standard InChI is InChI=1S/C13H15N3/c1-8-3-2-4-10-12(16-14)7-11(9-5-6-9)15-13(8)10/h2-4,7,9H,5-6,14H2,1H3,(H,15,16). The van der Waals surface area contributed by atoms with E-state index in [1.54, 1.807) is 0 Å². The van der Waals surface area contributed by atoms with Crippen molar-refractivity contribution >= 4 is 16.6 Å². The second-order valence-electron chi connectivity index (χ2n) is 4.48. The van der Waals surface area contributed by atoms with Crippen LogP contribution in [0, 0.1) is 6.92 Å². The summed E-state index contributed by atoms with van der Waals surface area (Å²) in [5, 5.41) is 1.10. The molecule has 0 amide bonds. The van der Waals surface area contributed by atoms with Gasteiger partial charge in [-0.1, -0.05) is 18.2 Å². The summed E-state index contributed by atoms with van der Waals surface area (Å²) in [6.07, 6.45) is 2.52. The molecule has 1 aliphatic carbocycles. The molecule has 1 aromatic carbocycles. The fourth-order valence-electron chi connectivity index (χ4n) is 2.12. The molecule has 82 valence electrons. The molecule has 0 saturated heterocycles. The molecular weight excluding hydrogens is 198 g/mol. The molecule has 16 heavy (non-hydrogen) atoms. The van der Waals surface area contributed by atoms with Gasteiger partial charge in [0.05, 0.1) is 11.2 Å². The number of nitrogen functional groups attached to an aromatic ring is 1. The van der Waals surface area contributed by atoms with Gasteiger partial charge in [0, 0.05) is 17.0 Å². The molecule has 3 rings (SSSR count). The van der Waals surface area contributed by atoms with Crippen molar-refractivity contribution in [1.29, 1.82) is 0 Å². The lowest BCUT2D eigenvalue weighted by Gasteiger charge is -2.10. The number of fused-ring (bicyclic) bond motifs is 1. The smallest absolute Gasteiger partial charge is 0.0755 e. The molecule has 2 aromatic rings. The molecule has 3 N–H and O–H groups in total. The Balaban J connectivity index is 2.30. The van der Waals surface area contributed by atoms with Gasteiger partial charge in [-0.05, 0) is 31.4 Å². The number of nitrogens with two attached hydrogens (primary N) is 1. The lowest BCUT2D eigenvalue weighted by Crippen LogP contribution is -2.08. The van der Waals surface area contributed by atoms with Crippen LogP contribution in [0.2, 0.25) is 0 Å². The molecule has 1 fully saturated rings. The fourth-order valence-corrected chi connectivity index (χ4v) is 2.12. The van der Waals surface area contributed by atoms with Crippen molar-refractivity contribution in [3.8, 4) is 0 Å². The van der Waals surface area contributed by atoms with E-state index in [4.69, 9.17) is 10.8 Å². The quantitative estimate of drug-likeness (QED) is 0.595. The molecule has 0 unspecified atom stereocenters. The van der Waals surface area contributed by atoms with Crippen molar-refractivity contribution in [2.24, 2.45) is 5.84 Å². The predicted molar refractivity (Wildman–Crippen MR) is 66.3 cm³/mol. The lowest BCUT2D eigenvalue weighted by molar-refractivity contribution is 1.04. The van der Waals surface area contributed by atoms with Crippen LogP contribution >= 0.6 is 0 Å². The highest BCUT2D eigenvalue weighted by Gasteiger charge is 2.26. The maximum atomic E-state index is 5.58. The molecule has 0 bridgehead atoms. The maximum Gasteiger partial charge on any atom is 0.0755 e. The number of nitrogens with zero attached hydrogens (tertiary/aromatic N) is 1. The highest BCUT2D eigenvalue weighted by atomic mass is 15.2. The second kappa shape index (κ2) is 3.46. The van der Waals surface area contributed by atoms with Gasteiger partial charge in [-0.25, -0.2) is 0 Å². The summed E-state index contributed by atoms with van der Waals surface area (Å²) in [6, 6.07) is 8.27. The third-order valence-corrected chi connectivity index (χ3v) is 3.21. The summed E-state index contributed by atoms with van der Waals surface area (Å²) >= 11 is 0. The first-order chi connectivity index (χ1) is 7.79. The number of pyridine rings is 1. The molecule has 1 heterocycles. The first-order valence-corrected chi connectivity index (χ1v) is 5.66. The van der Waals surface area contributed by atoms with Gasteiger partial charge < -0.3 is 5.43 Å². The number of nitrogens with one attached hydrogen (secondary N) is 1. The van der Waals surface area contributed by atoms with Gasteiger partial charge in [0.1, 0.15) is 0 Å². The Morgan fingerprint density at radius 1 is 1.38 bits per heavy atom. The van der Waals surface area contributed by atoms with Crippen LogP contribution in [-0.4, -0.2) is 4.98 Å². The van der Waals surface area contributed by atoms with Gasteiger partial charge in [0.15, 0.2) is 0 Å². The molecular formula is C13H15N3. The van der Waals surface area contributed by atoms with Gasteiger partial charge in [0.25, 0.3) is 0 Å². The summed E-state index contributed by atoms with van der Waals surface area (Å²) in [5.41, 5.74) is 7.21. The number of aromatic nitrogens is 1. The van der Waals surface area contributed by atoms with Crippen LogP contribution in [0.15, 0.2) is 24.3 Å². The van der Waals surface area contributed by atoms with Crippen molar-refractivity contribution in [3.05, 3.63) is 35.5 Å². The molecule has 3 nitrogen and oxygen atoms in total. The van der Waals surface area contributed by atoms with Crippen molar-refractivity contribution < 1.29 is 0 Å². The number of hydrogen-bond acceptors (Lipinski definition) is 3. The second-order valence-corrected chi connectivity index (χ2v) is 4.48. The van der Waals surface area contributed by atoms with Crippen LogP contribution < -0.4 is 11.3 Å². The van der Waals surface area contributed by atoms with E-state index in [-0.39, 0.29) is 0 Å². The van der Waals surface area contributed by atoms with Gasteiger partial charge in [-0.3, -0.25) is 10.8 Å². The summed E-state index contributed by atoms with van der Waals surface area (Å²) < 4.78 is 0. The Bertz CT molecular complexity index is 544. The van der Waals surface area contributed by atoms with Crippen molar-refractivity contribution in [1.82, 2.24) is 4.98 Å². The minimum atomic E-state index is 0.649. The fraction of sp³-hybridized carbons (Fsp3) is 0.308. The number of para-hydroxylation sites is 1. The monoisotopic (exact) mass is 213 g/mol. The Kier molecular flexibility index (Phi) is 2.07. The average Bonchev–Trinajstić information content (AvgIpc) is 3.12. The predicted octanol–water partition coefficient (Wildman–Crippen LogP) is 2.71. The van der Waals surface area contributed by atoms with Crippen LogP contribution in [0.1, 0.15) is 30.0 Å². The van der Waals surface area contributed by atoms with E-state index in [0.29, 0.717) is 5.92 Å². The zero-order valence-electron chi connectivity index (χ0n) is 9.33. The molecule has 0 atom stereocenters. The van der Waals surface area contributed by atoms with Gasteiger partial charge >= 0.3 is 0 Å². The molecule has 1 aliphatic rings. The Morgan fingerprint density at radius 3 is 2.88 bits per heavy atom. The molecule has 3 heteroatoms. The first kappa shape index (κ1) is 9.60.